The molecule has 36 heavy (non-hydrogen) atoms. The van der Waals surface area contributed by atoms with Crippen molar-refractivity contribution < 1.29 is 0 Å². The van der Waals surface area contributed by atoms with E-state index in [4.69, 9.17) is 0 Å². The molecule has 0 heterocycles. The Hall–Kier alpha value is 0. The third-order valence-corrected chi connectivity index (χ3v) is 14.2. The molecule has 1 atom stereocenters. The van der Waals surface area contributed by atoms with Gasteiger partial charge in [0, 0.05) is 0 Å². The lowest BCUT2D eigenvalue weighted by Crippen LogP contribution is -2.67. The van der Waals surface area contributed by atoms with Crippen LogP contribution >= 0.6 is 0 Å². The van der Waals surface area contributed by atoms with Gasteiger partial charge in [-0.15, -0.1) is 0 Å². The quantitative estimate of drug-likeness (QED) is 0.356. The minimum Gasteiger partial charge on any atom is -0.0533 e. The van der Waals surface area contributed by atoms with Crippen LogP contribution in [0.1, 0.15) is 186 Å². The number of hydrogen-bond donors (Lipinski definition) is 0. The van der Waals surface area contributed by atoms with Gasteiger partial charge in [0.05, 0.1) is 0 Å². The topological polar surface area (TPSA) is 0 Å². The summed E-state index contributed by atoms with van der Waals surface area (Å²) < 4.78 is 0. The molecule has 206 valence electrons. The molecule has 0 bridgehead atoms. The van der Waals surface area contributed by atoms with Crippen molar-refractivity contribution >= 4 is 0 Å². The summed E-state index contributed by atoms with van der Waals surface area (Å²) >= 11 is 0. The van der Waals surface area contributed by atoms with E-state index in [9.17, 15) is 0 Å². The van der Waals surface area contributed by atoms with E-state index in [0.29, 0.717) is 16.2 Å². The fourth-order valence-electron chi connectivity index (χ4n) is 13.3. The van der Waals surface area contributed by atoms with Gasteiger partial charge in [-0.2, -0.15) is 0 Å². The third-order valence-electron chi connectivity index (χ3n) is 14.2. The molecule has 0 amide bonds. The zero-order valence-electron chi connectivity index (χ0n) is 24.3. The minimum atomic E-state index is 0.700. The van der Waals surface area contributed by atoms with Gasteiger partial charge in [0.15, 0.2) is 0 Å². The van der Waals surface area contributed by atoms with Crippen LogP contribution in [-0.4, -0.2) is 0 Å². The molecular weight excluding hydrogens is 432 g/mol. The van der Waals surface area contributed by atoms with E-state index in [1.54, 1.807) is 186 Å². The maximum Gasteiger partial charge on any atom is -0.0148 e. The van der Waals surface area contributed by atoms with E-state index in [1.807, 2.05) is 0 Å². The summed E-state index contributed by atoms with van der Waals surface area (Å²) in [4.78, 5) is 0. The van der Waals surface area contributed by atoms with Crippen LogP contribution in [0.25, 0.3) is 0 Å². The van der Waals surface area contributed by atoms with Gasteiger partial charge in [-0.1, -0.05) is 109 Å². The Balaban J connectivity index is 1.56. The molecule has 0 aromatic heterocycles. The van der Waals surface area contributed by atoms with Crippen LogP contribution in [0.4, 0.5) is 0 Å². The lowest BCUT2D eigenvalue weighted by Gasteiger charge is -2.74. The maximum absolute atomic E-state index is 1.67. The molecule has 0 heteroatoms. The second-order valence-electron chi connectivity index (χ2n) is 15.3. The van der Waals surface area contributed by atoms with Crippen molar-refractivity contribution in [2.75, 3.05) is 0 Å². The molecule has 0 aliphatic heterocycles. The molecule has 6 aliphatic carbocycles. The molecular formula is C36H62. The van der Waals surface area contributed by atoms with Crippen LogP contribution in [0.3, 0.4) is 0 Å². The van der Waals surface area contributed by atoms with E-state index in [1.165, 1.54) is 0 Å². The van der Waals surface area contributed by atoms with E-state index < -0.39 is 0 Å². The molecule has 0 aromatic rings. The first-order valence-electron chi connectivity index (χ1n) is 17.8. The summed E-state index contributed by atoms with van der Waals surface area (Å²) in [6.07, 6.45) is 46.1. The maximum atomic E-state index is 1.67. The number of rotatable bonds is 5. The molecule has 1 unspecified atom stereocenters. The lowest BCUT2D eigenvalue weighted by atomic mass is 9.30. The van der Waals surface area contributed by atoms with Gasteiger partial charge in [-0.05, 0) is 117 Å². The summed E-state index contributed by atoms with van der Waals surface area (Å²) in [7, 11) is 0. The SMILES string of the molecule is C1CCC(C2(C3(C4CCCCC4)CCCCC3(C3CCCCC3)C3CCCCC3)CCCCC2)CC1. The zero-order valence-corrected chi connectivity index (χ0v) is 24.3. The van der Waals surface area contributed by atoms with Gasteiger partial charge >= 0.3 is 0 Å². The third kappa shape index (κ3) is 4.28. The molecule has 6 rings (SSSR count). The van der Waals surface area contributed by atoms with Gasteiger partial charge in [-0.3, -0.25) is 0 Å². The molecule has 0 aromatic carbocycles. The van der Waals surface area contributed by atoms with E-state index >= 15 is 0 Å². The van der Waals surface area contributed by atoms with Crippen LogP contribution in [0, 0.1) is 39.9 Å². The standard InChI is InChI=1S/C36H62/c1-6-18-30(19-7-1)34(26-14-5-15-27-34)36(33-24-12-4-13-25-33)29-17-16-28-35(36,31-20-8-2-9-21-31)32-22-10-3-11-23-32/h30-33H,1-29H2. The van der Waals surface area contributed by atoms with Crippen LogP contribution < -0.4 is 0 Å². The highest BCUT2D eigenvalue weighted by molar-refractivity contribution is 5.18. The fourth-order valence-corrected chi connectivity index (χ4v) is 13.3. The van der Waals surface area contributed by atoms with Gasteiger partial charge < -0.3 is 0 Å². The predicted octanol–water partition coefficient (Wildman–Crippen LogP) is 11.8. The Bertz CT molecular complexity index is 642. The molecule has 0 radical (unpaired) electrons. The Kier molecular flexibility index (Phi) is 8.47. The van der Waals surface area contributed by atoms with Crippen molar-refractivity contribution in [3.63, 3.8) is 0 Å². The average Bonchev–Trinajstić information content (AvgIpc) is 2.99. The molecule has 0 N–H and O–H groups in total. The second-order valence-corrected chi connectivity index (χ2v) is 15.3. The van der Waals surface area contributed by atoms with Gasteiger partial charge in [-0.25, -0.2) is 0 Å². The first kappa shape index (κ1) is 26.2. The molecule has 6 saturated carbocycles. The Labute approximate surface area is 225 Å². The monoisotopic (exact) mass is 494 g/mol. The van der Waals surface area contributed by atoms with Gasteiger partial charge in [0.1, 0.15) is 0 Å². The van der Waals surface area contributed by atoms with Crippen molar-refractivity contribution in [3.8, 4) is 0 Å². The normalized spacial score (nSPS) is 36.0. The molecule has 0 saturated heterocycles. The van der Waals surface area contributed by atoms with Gasteiger partial charge in [0.2, 0.25) is 0 Å². The zero-order chi connectivity index (χ0) is 24.3. The van der Waals surface area contributed by atoms with Crippen molar-refractivity contribution in [2.45, 2.75) is 186 Å². The Morgan fingerprint density at radius 2 is 0.639 bits per heavy atom. The highest BCUT2D eigenvalue weighted by Crippen LogP contribution is 2.78. The first-order chi connectivity index (χ1) is 17.8. The lowest BCUT2D eigenvalue weighted by molar-refractivity contribution is -0.256. The summed E-state index contributed by atoms with van der Waals surface area (Å²) in [6.45, 7) is 0. The van der Waals surface area contributed by atoms with Crippen LogP contribution in [0.15, 0.2) is 0 Å². The molecule has 0 spiro atoms. The van der Waals surface area contributed by atoms with Crippen molar-refractivity contribution in [1.29, 1.82) is 0 Å². The number of hydrogen-bond acceptors (Lipinski definition) is 0. The second kappa shape index (κ2) is 11.6. The molecule has 6 fully saturated rings. The van der Waals surface area contributed by atoms with Crippen molar-refractivity contribution in [2.24, 2.45) is 39.9 Å². The van der Waals surface area contributed by atoms with E-state index in [2.05, 4.69) is 0 Å². The van der Waals surface area contributed by atoms with Gasteiger partial charge in [0.25, 0.3) is 0 Å². The minimum absolute atomic E-state index is 0.700. The summed E-state index contributed by atoms with van der Waals surface area (Å²) in [6, 6.07) is 0. The predicted molar refractivity (Wildman–Crippen MR) is 155 cm³/mol. The Morgan fingerprint density at radius 1 is 0.278 bits per heavy atom. The highest BCUT2D eigenvalue weighted by Gasteiger charge is 2.70. The fraction of sp³-hybridized carbons (Fsp3) is 1.00. The van der Waals surface area contributed by atoms with Crippen LogP contribution in [-0.2, 0) is 0 Å². The van der Waals surface area contributed by atoms with E-state index in [0.717, 1.165) is 23.7 Å². The van der Waals surface area contributed by atoms with Crippen LogP contribution in [0.2, 0.25) is 0 Å². The smallest absolute Gasteiger partial charge is 0.0148 e. The summed E-state index contributed by atoms with van der Waals surface area (Å²) in [5.74, 6) is 4.33. The largest absolute Gasteiger partial charge is 0.0533 e. The Morgan fingerprint density at radius 3 is 1.14 bits per heavy atom. The van der Waals surface area contributed by atoms with Crippen LogP contribution in [0.5, 0.6) is 0 Å². The van der Waals surface area contributed by atoms with E-state index in [-0.39, 0.29) is 0 Å². The van der Waals surface area contributed by atoms with Crippen molar-refractivity contribution in [3.05, 3.63) is 0 Å². The highest BCUT2D eigenvalue weighted by atomic mass is 14.7. The molecule has 6 aliphatic rings. The average molecular weight is 495 g/mol. The van der Waals surface area contributed by atoms with Crippen molar-refractivity contribution in [1.82, 2.24) is 0 Å². The summed E-state index contributed by atoms with van der Waals surface area (Å²) in [5.41, 5.74) is 2.12. The summed E-state index contributed by atoms with van der Waals surface area (Å²) in [5, 5.41) is 0. The molecule has 0 nitrogen and oxygen atoms in total. The first-order valence-corrected chi connectivity index (χ1v) is 17.8.